The fraction of sp³-hybridized carbons (Fsp3) is 0.292. The van der Waals surface area contributed by atoms with Crippen molar-refractivity contribution < 1.29 is 14.2 Å². The molecule has 32 heavy (non-hydrogen) atoms. The minimum absolute atomic E-state index is 0.213. The molecule has 4 rings (SSSR count). The van der Waals surface area contributed by atoms with Gasteiger partial charge in [0.25, 0.3) is 5.56 Å². The topological polar surface area (TPSA) is 75.0 Å². The molecule has 7 nitrogen and oxygen atoms in total. The van der Waals surface area contributed by atoms with Crippen molar-refractivity contribution in [3.05, 3.63) is 62.9 Å². The van der Waals surface area contributed by atoms with Gasteiger partial charge in [-0.1, -0.05) is 43.4 Å². The lowest BCUT2D eigenvalue weighted by Crippen LogP contribution is -2.23. The lowest BCUT2D eigenvalue weighted by Gasteiger charge is -2.12. The maximum absolute atomic E-state index is 12.9. The van der Waals surface area contributed by atoms with Crippen LogP contribution >= 0.6 is 11.3 Å². The van der Waals surface area contributed by atoms with E-state index >= 15 is 0 Å². The molecule has 0 amide bonds. The molecular weight excluding hydrogens is 426 g/mol. The first-order valence-electron chi connectivity index (χ1n) is 10.4. The highest BCUT2D eigenvalue weighted by Gasteiger charge is 2.15. The van der Waals surface area contributed by atoms with E-state index < -0.39 is 0 Å². The Morgan fingerprint density at radius 1 is 1.06 bits per heavy atom. The summed E-state index contributed by atoms with van der Waals surface area (Å²) in [5, 5.41) is 4.41. The monoisotopic (exact) mass is 451 g/mol. The number of para-hydroxylation sites is 1. The highest BCUT2D eigenvalue weighted by Crippen LogP contribution is 2.29. The number of hydrogen-bond acceptors (Lipinski definition) is 7. The number of rotatable bonds is 8. The van der Waals surface area contributed by atoms with Crippen molar-refractivity contribution >= 4 is 22.4 Å². The summed E-state index contributed by atoms with van der Waals surface area (Å²) in [4.78, 5) is 18.0. The van der Waals surface area contributed by atoms with Crippen molar-refractivity contribution in [2.45, 2.75) is 20.3 Å². The molecule has 2 heterocycles. The standard InChI is InChI=1S/C24H25N3O4S/c1-15(2)11-12-31-19-10-9-16(13-20(19)30-4)14-21-23(28)27-24(32-21)25-22(26-27)17-7-5-6-8-18(17)29-3/h5-10,13-15H,11-12H2,1-4H3/b21-14+. The van der Waals surface area contributed by atoms with Gasteiger partial charge >= 0.3 is 0 Å². The van der Waals surface area contributed by atoms with E-state index in [9.17, 15) is 4.79 Å². The first-order chi connectivity index (χ1) is 15.5. The van der Waals surface area contributed by atoms with Gasteiger partial charge in [0.2, 0.25) is 4.96 Å². The normalized spacial score (nSPS) is 12.0. The molecule has 0 aliphatic heterocycles. The molecule has 0 fully saturated rings. The molecule has 8 heteroatoms. The number of methoxy groups -OCH3 is 2. The predicted octanol–water partition coefficient (Wildman–Crippen LogP) is 3.81. The molecule has 0 bridgehead atoms. The summed E-state index contributed by atoms with van der Waals surface area (Å²) in [6, 6.07) is 13.1. The Hall–Kier alpha value is -3.39. The quantitative estimate of drug-likeness (QED) is 0.406. The number of benzene rings is 2. The number of fused-ring (bicyclic) bond motifs is 1. The summed E-state index contributed by atoms with van der Waals surface area (Å²) in [5.74, 6) is 3.01. The summed E-state index contributed by atoms with van der Waals surface area (Å²) in [6.07, 6.45) is 2.78. The van der Waals surface area contributed by atoms with E-state index in [4.69, 9.17) is 14.2 Å². The minimum atomic E-state index is -0.213. The maximum Gasteiger partial charge on any atom is 0.291 e. The molecule has 0 radical (unpaired) electrons. The van der Waals surface area contributed by atoms with Crippen molar-refractivity contribution in [2.24, 2.45) is 5.92 Å². The van der Waals surface area contributed by atoms with Crippen molar-refractivity contribution in [3.63, 3.8) is 0 Å². The molecule has 2 aromatic heterocycles. The second-order valence-electron chi connectivity index (χ2n) is 7.69. The number of hydrogen-bond donors (Lipinski definition) is 0. The average Bonchev–Trinajstić information content (AvgIpc) is 3.33. The summed E-state index contributed by atoms with van der Waals surface area (Å²) in [5.41, 5.74) is 1.37. The van der Waals surface area contributed by atoms with Gasteiger partial charge in [0, 0.05) is 0 Å². The number of nitrogens with zero attached hydrogens (tertiary/aromatic N) is 3. The Labute approximate surface area is 189 Å². The molecule has 0 N–H and O–H groups in total. The fourth-order valence-corrected chi connectivity index (χ4v) is 4.13. The van der Waals surface area contributed by atoms with Gasteiger partial charge in [-0.2, -0.15) is 9.50 Å². The lowest BCUT2D eigenvalue weighted by molar-refractivity contribution is 0.273. The van der Waals surface area contributed by atoms with Crippen LogP contribution in [0.1, 0.15) is 25.8 Å². The molecule has 0 aliphatic carbocycles. The van der Waals surface area contributed by atoms with Crippen LogP contribution in [0.3, 0.4) is 0 Å². The molecule has 4 aromatic rings. The Kier molecular flexibility index (Phi) is 6.41. The zero-order valence-corrected chi connectivity index (χ0v) is 19.3. The molecule has 166 valence electrons. The van der Waals surface area contributed by atoms with E-state index in [0.29, 0.717) is 45.1 Å². The zero-order valence-electron chi connectivity index (χ0n) is 18.5. The average molecular weight is 452 g/mol. The van der Waals surface area contributed by atoms with E-state index in [-0.39, 0.29) is 5.56 Å². The molecule has 0 aliphatic rings. The summed E-state index contributed by atoms with van der Waals surface area (Å²) in [7, 11) is 3.20. The highest BCUT2D eigenvalue weighted by atomic mass is 32.1. The minimum Gasteiger partial charge on any atom is -0.496 e. The van der Waals surface area contributed by atoms with Crippen molar-refractivity contribution in [1.29, 1.82) is 0 Å². The Morgan fingerprint density at radius 2 is 1.84 bits per heavy atom. The first kappa shape index (κ1) is 21.8. The van der Waals surface area contributed by atoms with Crippen molar-refractivity contribution in [2.75, 3.05) is 20.8 Å². The van der Waals surface area contributed by atoms with Crippen LogP contribution in [0.2, 0.25) is 0 Å². The Morgan fingerprint density at radius 3 is 2.56 bits per heavy atom. The fourth-order valence-electron chi connectivity index (χ4n) is 3.23. The molecule has 2 aromatic carbocycles. The molecule has 0 atom stereocenters. The zero-order chi connectivity index (χ0) is 22.7. The van der Waals surface area contributed by atoms with E-state index in [1.807, 2.05) is 48.5 Å². The van der Waals surface area contributed by atoms with Gasteiger partial charge in [-0.15, -0.1) is 5.10 Å². The van der Waals surface area contributed by atoms with Gasteiger partial charge in [-0.05, 0) is 48.2 Å². The van der Waals surface area contributed by atoms with Gasteiger partial charge in [-0.25, -0.2) is 0 Å². The second-order valence-corrected chi connectivity index (χ2v) is 8.70. The highest BCUT2D eigenvalue weighted by molar-refractivity contribution is 7.15. The number of ether oxygens (including phenoxy) is 3. The van der Waals surface area contributed by atoms with Crippen LogP contribution in [-0.2, 0) is 0 Å². The molecule has 0 spiro atoms. The van der Waals surface area contributed by atoms with E-state index in [0.717, 1.165) is 17.5 Å². The van der Waals surface area contributed by atoms with Crippen LogP contribution in [0.5, 0.6) is 17.2 Å². The van der Waals surface area contributed by atoms with Gasteiger partial charge < -0.3 is 14.2 Å². The summed E-state index contributed by atoms with van der Waals surface area (Å²) < 4.78 is 18.6. The molecule has 0 saturated heterocycles. The molecular formula is C24H25N3O4S. The van der Waals surface area contributed by atoms with Gasteiger partial charge in [-0.3, -0.25) is 4.79 Å². The lowest BCUT2D eigenvalue weighted by atomic mass is 10.1. The van der Waals surface area contributed by atoms with Crippen LogP contribution in [0, 0.1) is 5.92 Å². The van der Waals surface area contributed by atoms with Gasteiger partial charge in [0.15, 0.2) is 17.3 Å². The van der Waals surface area contributed by atoms with Crippen LogP contribution < -0.4 is 24.3 Å². The third-order valence-corrected chi connectivity index (χ3v) is 5.93. The summed E-state index contributed by atoms with van der Waals surface area (Å²) >= 11 is 1.29. The van der Waals surface area contributed by atoms with Crippen LogP contribution in [-0.4, -0.2) is 35.4 Å². The van der Waals surface area contributed by atoms with Crippen molar-refractivity contribution in [1.82, 2.24) is 14.6 Å². The maximum atomic E-state index is 12.9. The van der Waals surface area contributed by atoms with Crippen molar-refractivity contribution in [3.8, 4) is 28.6 Å². The largest absolute Gasteiger partial charge is 0.496 e. The Bertz CT molecular complexity index is 1340. The predicted molar refractivity (Wildman–Crippen MR) is 126 cm³/mol. The van der Waals surface area contributed by atoms with Gasteiger partial charge in [0.05, 0.1) is 30.9 Å². The Balaban J connectivity index is 1.65. The smallest absolute Gasteiger partial charge is 0.291 e. The third kappa shape index (κ3) is 4.45. The number of aromatic nitrogens is 3. The third-order valence-electron chi connectivity index (χ3n) is 4.97. The van der Waals surface area contributed by atoms with Crippen LogP contribution in [0.15, 0.2) is 47.3 Å². The summed E-state index contributed by atoms with van der Waals surface area (Å²) in [6.45, 7) is 4.94. The molecule has 0 saturated carbocycles. The SMILES string of the molecule is COc1cc(/C=c2/sc3nc(-c4ccccc4OC)nn3c2=O)ccc1OCCC(C)C. The van der Waals surface area contributed by atoms with E-state index in [1.54, 1.807) is 14.2 Å². The van der Waals surface area contributed by atoms with Crippen LogP contribution in [0.25, 0.3) is 22.4 Å². The van der Waals surface area contributed by atoms with Crippen LogP contribution in [0.4, 0.5) is 0 Å². The second kappa shape index (κ2) is 9.40. The van der Waals surface area contributed by atoms with E-state index in [2.05, 4.69) is 23.9 Å². The number of thiazole rings is 1. The van der Waals surface area contributed by atoms with E-state index in [1.165, 1.54) is 15.9 Å². The first-order valence-corrected chi connectivity index (χ1v) is 11.2. The molecule has 0 unspecified atom stereocenters. The van der Waals surface area contributed by atoms with Gasteiger partial charge in [0.1, 0.15) is 5.75 Å².